The zero-order chi connectivity index (χ0) is 11.8. The van der Waals surface area contributed by atoms with Gasteiger partial charge in [-0.25, -0.2) is 4.79 Å². The van der Waals surface area contributed by atoms with Crippen molar-refractivity contribution >= 4 is 27.7 Å². The van der Waals surface area contributed by atoms with Crippen molar-refractivity contribution in [1.29, 1.82) is 0 Å². The molecule has 0 aliphatic rings. The van der Waals surface area contributed by atoms with Crippen molar-refractivity contribution in [3.63, 3.8) is 0 Å². The highest BCUT2D eigenvalue weighted by molar-refractivity contribution is 9.09. The summed E-state index contributed by atoms with van der Waals surface area (Å²) in [5.41, 5.74) is 0.542. The smallest absolute Gasteiger partial charge is 0.409 e. The first-order chi connectivity index (χ1) is 7.72. The number of benzene rings is 1. The molecule has 0 saturated heterocycles. The molecule has 1 amide bonds. The van der Waals surface area contributed by atoms with Crippen LogP contribution in [0.2, 0.25) is 0 Å². The second-order valence-electron chi connectivity index (χ2n) is 3.20. The number of amides is 1. The highest BCUT2D eigenvalue weighted by atomic mass is 79.9. The summed E-state index contributed by atoms with van der Waals surface area (Å²) in [5, 5.41) is 11.7. The van der Waals surface area contributed by atoms with Crippen LogP contribution in [0.25, 0.3) is 0 Å². The Hall–Kier alpha value is -1.23. The minimum Gasteiger partial charge on any atom is -0.494 e. The molecule has 1 aromatic carbocycles. The highest BCUT2D eigenvalue weighted by Gasteiger charge is 1.98. The molecule has 4 nitrogen and oxygen atoms in total. The van der Waals surface area contributed by atoms with Crippen molar-refractivity contribution in [3.8, 4) is 5.75 Å². The molecule has 1 rings (SSSR count). The lowest BCUT2D eigenvalue weighted by Gasteiger charge is -2.06. The number of carboxylic acid groups (broad SMARTS) is 1. The zero-order valence-corrected chi connectivity index (χ0v) is 10.4. The van der Waals surface area contributed by atoms with Crippen molar-refractivity contribution < 1.29 is 14.6 Å². The molecule has 5 heteroatoms. The highest BCUT2D eigenvalue weighted by Crippen LogP contribution is 2.15. The Morgan fingerprint density at radius 2 is 2.00 bits per heavy atom. The van der Waals surface area contributed by atoms with Gasteiger partial charge in [0.15, 0.2) is 0 Å². The second kappa shape index (κ2) is 7.11. The predicted octanol–water partition coefficient (Wildman–Crippen LogP) is 3.33. The standard InChI is InChI=1S/C11H14BrNO3/c12-7-1-2-8-16-10-5-3-9(4-6-10)13-11(14)15/h3-6,13H,1-2,7-8H2,(H,14,15). The molecule has 16 heavy (non-hydrogen) atoms. The summed E-state index contributed by atoms with van der Waals surface area (Å²) in [5.74, 6) is 0.755. The van der Waals surface area contributed by atoms with E-state index in [2.05, 4.69) is 21.2 Å². The molecule has 0 unspecified atom stereocenters. The Kier molecular flexibility index (Phi) is 5.71. The number of alkyl halides is 1. The van der Waals surface area contributed by atoms with Gasteiger partial charge in [-0.05, 0) is 37.1 Å². The Labute approximate surface area is 103 Å². The van der Waals surface area contributed by atoms with Crippen LogP contribution in [0.15, 0.2) is 24.3 Å². The Morgan fingerprint density at radius 3 is 2.56 bits per heavy atom. The van der Waals surface area contributed by atoms with Gasteiger partial charge in [0, 0.05) is 11.0 Å². The zero-order valence-electron chi connectivity index (χ0n) is 8.78. The van der Waals surface area contributed by atoms with Gasteiger partial charge < -0.3 is 9.84 Å². The van der Waals surface area contributed by atoms with Crippen LogP contribution in [0.4, 0.5) is 10.5 Å². The molecule has 0 atom stereocenters. The first kappa shape index (κ1) is 12.8. The number of ether oxygens (including phenoxy) is 1. The van der Waals surface area contributed by atoms with Crippen LogP contribution in [0.5, 0.6) is 5.75 Å². The van der Waals surface area contributed by atoms with Gasteiger partial charge in [0.25, 0.3) is 0 Å². The summed E-state index contributed by atoms with van der Waals surface area (Å²) >= 11 is 3.35. The lowest BCUT2D eigenvalue weighted by molar-refractivity contribution is 0.209. The number of carbonyl (C=O) groups is 1. The summed E-state index contributed by atoms with van der Waals surface area (Å²) in [6.07, 6.45) is 1.02. The van der Waals surface area contributed by atoms with Crippen molar-refractivity contribution in [1.82, 2.24) is 0 Å². The third-order valence-electron chi connectivity index (χ3n) is 1.90. The van der Waals surface area contributed by atoms with Crippen LogP contribution in [0.1, 0.15) is 12.8 Å². The van der Waals surface area contributed by atoms with Gasteiger partial charge in [-0.3, -0.25) is 5.32 Å². The molecule has 88 valence electrons. The third-order valence-corrected chi connectivity index (χ3v) is 2.46. The van der Waals surface area contributed by atoms with E-state index in [0.29, 0.717) is 12.3 Å². The fourth-order valence-corrected chi connectivity index (χ4v) is 1.54. The van der Waals surface area contributed by atoms with E-state index in [-0.39, 0.29) is 0 Å². The van der Waals surface area contributed by atoms with Crippen molar-refractivity contribution in [2.24, 2.45) is 0 Å². The summed E-state index contributed by atoms with van der Waals surface area (Å²) in [6.45, 7) is 0.678. The van der Waals surface area contributed by atoms with E-state index in [1.165, 1.54) is 0 Å². The third kappa shape index (κ3) is 5.02. The van der Waals surface area contributed by atoms with E-state index >= 15 is 0 Å². The molecule has 0 heterocycles. The maximum Gasteiger partial charge on any atom is 0.409 e. The second-order valence-corrected chi connectivity index (χ2v) is 3.99. The van der Waals surface area contributed by atoms with E-state index in [4.69, 9.17) is 9.84 Å². The number of rotatable bonds is 6. The fraction of sp³-hybridized carbons (Fsp3) is 0.364. The Bertz CT molecular complexity index is 327. The van der Waals surface area contributed by atoms with Crippen LogP contribution in [-0.2, 0) is 0 Å². The number of hydrogen-bond donors (Lipinski definition) is 2. The van der Waals surface area contributed by atoms with Crippen LogP contribution < -0.4 is 10.1 Å². The largest absolute Gasteiger partial charge is 0.494 e. The van der Waals surface area contributed by atoms with Gasteiger partial charge in [0.1, 0.15) is 5.75 Å². The quantitative estimate of drug-likeness (QED) is 0.623. The van der Waals surface area contributed by atoms with E-state index in [1.807, 2.05) is 0 Å². The van der Waals surface area contributed by atoms with E-state index < -0.39 is 6.09 Å². The van der Waals surface area contributed by atoms with Crippen LogP contribution in [0.3, 0.4) is 0 Å². The van der Waals surface area contributed by atoms with E-state index in [1.54, 1.807) is 24.3 Å². The van der Waals surface area contributed by atoms with Crippen LogP contribution >= 0.6 is 15.9 Å². The van der Waals surface area contributed by atoms with Gasteiger partial charge in [0.05, 0.1) is 6.61 Å². The van der Waals surface area contributed by atoms with E-state index in [9.17, 15) is 4.79 Å². The van der Waals surface area contributed by atoms with Crippen molar-refractivity contribution in [3.05, 3.63) is 24.3 Å². The minimum atomic E-state index is -1.06. The number of unbranched alkanes of at least 4 members (excludes halogenated alkanes) is 1. The molecule has 1 aromatic rings. The summed E-state index contributed by atoms with van der Waals surface area (Å²) in [7, 11) is 0. The SMILES string of the molecule is O=C(O)Nc1ccc(OCCCCBr)cc1. The summed E-state index contributed by atoms with van der Waals surface area (Å²) < 4.78 is 5.47. The molecular formula is C11H14BrNO3. The van der Waals surface area contributed by atoms with Crippen molar-refractivity contribution in [2.45, 2.75) is 12.8 Å². The predicted molar refractivity (Wildman–Crippen MR) is 66.6 cm³/mol. The number of hydrogen-bond acceptors (Lipinski definition) is 2. The molecule has 0 aliphatic heterocycles. The first-order valence-electron chi connectivity index (χ1n) is 5.01. The van der Waals surface area contributed by atoms with Gasteiger partial charge in [-0.15, -0.1) is 0 Å². The minimum absolute atomic E-state index is 0.542. The molecule has 0 aromatic heterocycles. The number of nitrogens with one attached hydrogen (secondary N) is 1. The van der Waals surface area contributed by atoms with Crippen LogP contribution in [-0.4, -0.2) is 23.1 Å². The lowest BCUT2D eigenvalue weighted by atomic mass is 10.3. The normalized spacial score (nSPS) is 9.81. The number of anilines is 1. The molecular weight excluding hydrogens is 274 g/mol. The Morgan fingerprint density at radius 1 is 1.31 bits per heavy atom. The number of halogens is 1. The maximum absolute atomic E-state index is 10.4. The van der Waals surface area contributed by atoms with E-state index in [0.717, 1.165) is 23.9 Å². The summed E-state index contributed by atoms with van der Waals surface area (Å²) in [6, 6.07) is 6.85. The van der Waals surface area contributed by atoms with Gasteiger partial charge in [-0.2, -0.15) is 0 Å². The molecule has 0 saturated carbocycles. The van der Waals surface area contributed by atoms with Gasteiger partial charge in [-0.1, -0.05) is 15.9 Å². The first-order valence-corrected chi connectivity index (χ1v) is 6.13. The average Bonchev–Trinajstić information content (AvgIpc) is 2.26. The van der Waals surface area contributed by atoms with Crippen molar-refractivity contribution in [2.75, 3.05) is 17.3 Å². The molecule has 0 radical (unpaired) electrons. The lowest BCUT2D eigenvalue weighted by Crippen LogP contribution is -2.06. The van der Waals surface area contributed by atoms with Gasteiger partial charge >= 0.3 is 6.09 Å². The fourth-order valence-electron chi connectivity index (χ4n) is 1.14. The molecule has 0 bridgehead atoms. The molecule has 0 aliphatic carbocycles. The monoisotopic (exact) mass is 287 g/mol. The maximum atomic E-state index is 10.4. The summed E-state index contributed by atoms with van der Waals surface area (Å²) in [4.78, 5) is 10.4. The topological polar surface area (TPSA) is 58.6 Å². The molecule has 0 fully saturated rings. The van der Waals surface area contributed by atoms with Gasteiger partial charge in [0.2, 0.25) is 0 Å². The Balaban J connectivity index is 2.36. The van der Waals surface area contributed by atoms with Crippen LogP contribution in [0, 0.1) is 0 Å². The molecule has 2 N–H and O–H groups in total. The average molecular weight is 288 g/mol. The molecule has 0 spiro atoms.